The molecule has 0 atom stereocenters. The quantitative estimate of drug-likeness (QED) is 0.842. The van der Waals surface area contributed by atoms with Crippen molar-refractivity contribution in [2.75, 3.05) is 19.7 Å². The van der Waals surface area contributed by atoms with Crippen LogP contribution in [0, 0.1) is 0 Å². The van der Waals surface area contributed by atoms with Gasteiger partial charge in [-0.2, -0.15) is 0 Å². The van der Waals surface area contributed by atoms with Crippen LogP contribution in [0.4, 0.5) is 0 Å². The molecule has 2 heterocycles. The van der Waals surface area contributed by atoms with Crippen LogP contribution in [-0.4, -0.2) is 34.1 Å². The van der Waals surface area contributed by atoms with Gasteiger partial charge in [0.2, 0.25) is 0 Å². The zero-order valence-electron chi connectivity index (χ0n) is 12.5. The maximum atomic E-state index is 12.6. The Labute approximate surface area is 138 Å². The van der Waals surface area contributed by atoms with Gasteiger partial charge in [0, 0.05) is 13.6 Å². The van der Waals surface area contributed by atoms with Crippen molar-refractivity contribution in [1.29, 1.82) is 0 Å². The van der Waals surface area contributed by atoms with Crippen LogP contribution in [0.2, 0.25) is 10.0 Å². The number of halogens is 2. The van der Waals surface area contributed by atoms with Gasteiger partial charge in [0.25, 0.3) is 5.56 Å². The van der Waals surface area contributed by atoms with E-state index in [1.807, 2.05) is 0 Å². The number of fused-ring (bicyclic) bond motifs is 1. The second-order valence-electron chi connectivity index (χ2n) is 5.41. The Hall–Kier alpha value is -1.30. The minimum absolute atomic E-state index is 0.176. The molecule has 0 saturated heterocycles. The SMILES string of the molecule is CCCN1CCOc2c(Cl)cc(Cl)c3c(=O)n(C)c(nc23)C1. The minimum atomic E-state index is -0.176. The fourth-order valence-corrected chi connectivity index (χ4v) is 3.32. The molecule has 0 radical (unpaired) electrons. The number of nitrogens with zero attached hydrogens (tertiary/aromatic N) is 3. The van der Waals surface area contributed by atoms with Crippen molar-refractivity contribution in [3.8, 4) is 5.75 Å². The summed E-state index contributed by atoms with van der Waals surface area (Å²) in [6.45, 7) is 4.89. The van der Waals surface area contributed by atoms with Crippen molar-refractivity contribution in [2.45, 2.75) is 19.9 Å². The zero-order chi connectivity index (χ0) is 15.9. The first-order valence-corrected chi connectivity index (χ1v) is 8.01. The Balaban J connectivity index is 2.28. The van der Waals surface area contributed by atoms with Crippen LogP contribution in [0.3, 0.4) is 0 Å². The average molecular weight is 342 g/mol. The average Bonchev–Trinajstić information content (AvgIpc) is 2.54. The summed E-state index contributed by atoms with van der Waals surface area (Å²) in [5.74, 6) is 1.13. The first kappa shape index (κ1) is 15.6. The van der Waals surface area contributed by atoms with Crippen molar-refractivity contribution in [2.24, 2.45) is 7.05 Å². The summed E-state index contributed by atoms with van der Waals surface area (Å²) in [6.07, 6.45) is 1.02. The van der Waals surface area contributed by atoms with E-state index in [2.05, 4.69) is 16.8 Å². The van der Waals surface area contributed by atoms with E-state index in [-0.39, 0.29) is 5.56 Å². The number of ether oxygens (including phenoxy) is 1. The minimum Gasteiger partial charge on any atom is -0.488 e. The van der Waals surface area contributed by atoms with Gasteiger partial charge in [0.05, 0.1) is 22.0 Å². The molecule has 5 nitrogen and oxygen atoms in total. The molecule has 118 valence electrons. The molecule has 1 aromatic carbocycles. The van der Waals surface area contributed by atoms with Gasteiger partial charge >= 0.3 is 0 Å². The summed E-state index contributed by atoms with van der Waals surface area (Å²) >= 11 is 12.4. The van der Waals surface area contributed by atoms with Crippen LogP contribution in [0.15, 0.2) is 10.9 Å². The molecule has 0 fully saturated rings. The van der Waals surface area contributed by atoms with E-state index >= 15 is 0 Å². The second kappa shape index (κ2) is 6.07. The van der Waals surface area contributed by atoms with E-state index in [4.69, 9.17) is 27.9 Å². The molecular formula is C15H17Cl2N3O2. The van der Waals surface area contributed by atoms with Gasteiger partial charge in [-0.05, 0) is 19.0 Å². The normalized spacial score (nSPS) is 15.5. The molecule has 0 aliphatic carbocycles. The fraction of sp³-hybridized carbons (Fsp3) is 0.467. The number of aromatic nitrogens is 2. The lowest BCUT2D eigenvalue weighted by Gasteiger charge is -2.20. The van der Waals surface area contributed by atoms with Crippen LogP contribution in [-0.2, 0) is 13.6 Å². The second-order valence-corrected chi connectivity index (χ2v) is 6.22. The molecule has 0 saturated carbocycles. The Bertz CT molecular complexity index is 789. The first-order chi connectivity index (χ1) is 10.5. The zero-order valence-corrected chi connectivity index (χ0v) is 14.0. The van der Waals surface area contributed by atoms with E-state index in [1.54, 1.807) is 17.7 Å². The highest BCUT2D eigenvalue weighted by Crippen LogP contribution is 2.36. The van der Waals surface area contributed by atoms with Gasteiger partial charge in [-0.3, -0.25) is 14.3 Å². The van der Waals surface area contributed by atoms with Crippen LogP contribution in [0.1, 0.15) is 19.2 Å². The molecule has 22 heavy (non-hydrogen) atoms. The largest absolute Gasteiger partial charge is 0.488 e. The standard InChI is InChI=1S/C15H17Cl2N3O2/c1-3-4-20-5-6-22-14-10(17)7-9(16)12-13(14)18-11(8-20)19(2)15(12)21/h7H,3-6,8H2,1-2H3. The maximum Gasteiger partial charge on any atom is 0.262 e. The van der Waals surface area contributed by atoms with E-state index in [0.29, 0.717) is 45.7 Å². The predicted molar refractivity (Wildman–Crippen MR) is 88.1 cm³/mol. The van der Waals surface area contributed by atoms with E-state index in [0.717, 1.165) is 19.5 Å². The molecule has 0 N–H and O–H groups in total. The summed E-state index contributed by atoms with van der Waals surface area (Å²) in [7, 11) is 1.72. The van der Waals surface area contributed by atoms with Crippen molar-refractivity contribution >= 4 is 34.1 Å². The highest BCUT2D eigenvalue weighted by Gasteiger charge is 2.21. The van der Waals surface area contributed by atoms with Crippen LogP contribution >= 0.6 is 23.2 Å². The molecule has 0 unspecified atom stereocenters. The van der Waals surface area contributed by atoms with E-state index in [9.17, 15) is 4.79 Å². The van der Waals surface area contributed by atoms with Gasteiger partial charge < -0.3 is 4.74 Å². The van der Waals surface area contributed by atoms with Gasteiger partial charge in [0.15, 0.2) is 5.75 Å². The molecule has 2 aromatic rings. The number of hydrogen-bond donors (Lipinski definition) is 0. The van der Waals surface area contributed by atoms with Crippen LogP contribution in [0.5, 0.6) is 5.75 Å². The molecule has 1 aromatic heterocycles. The van der Waals surface area contributed by atoms with Crippen molar-refractivity contribution in [3.05, 3.63) is 32.3 Å². The van der Waals surface area contributed by atoms with E-state index in [1.165, 1.54) is 0 Å². The summed E-state index contributed by atoms with van der Waals surface area (Å²) < 4.78 is 7.36. The third-order valence-electron chi connectivity index (χ3n) is 3.87. The smallest absolute Gasteiger partial charge is 0.262 e. The molecule has 1 aliphatic rings. The van der Waals surface area contributed by atoms with Gasteiger partial charge in [-0.15, -0.1) is 0 Å². The number of hydrogen-bond acceptors (Lipinski definition) is 4. The van der Waals surface area contributed by atoms with Crippen molar-refractivity contribution in [3.63, 3.8) is 0 Å². The summed E-state index contributed by atoms with van der Waals surface area (Å²) in [6, 6.07) is 1.55. The van der Waals surface area contributed by atoms with Crippen LogP contribution in [0.25, 0.3) is 10.9 Å². The molecule has 7 heteroatoms. The predicted octanol–water partition coefficient (Wildman–Crippen LogP) is 2.84. The summed E-state index contributed by atoms with van der Waals surface area (Å²) in [5.41, 5.74) is 0.277. The highest BCUT2D eigenvalue weighted by atomic mass is 35.5. The topological polar surface area (TPSA) is 47.4 Å². The van der Waals surface area contributed by atoms with Crippen molar-refractivity contribution < 1.29 is 4.74 Å². The molecule has 0 amide bonds. The monoisotopic (exact) mass is 341 g/mol. The van der Waals surface area contributed by atoms with Crippen LogP contribution < -0.4 is 10.3 Å². The highest BCUT2D eigenvalue weighted by molar-refractivity contribution is 6.39. The third-order valence-corrected chi connectivity index (χ3v) is 4.45. The molecule has 2 bridgehead atoms. The molecule has 3 rings (SSSR count). The van der Waals surface area contributed by atoms with Gasteiger partial charge in [-0.1, -0.05) is 30.1 Å². The number of rotatable bonds is 2. The Morgan fingerprint density at radius 1 is 1.36 bits per heavy atom. The lowest BCUT2D eigenvalue weighted by Crippen LogP contribution is -2.32. The lowest BCUT2D eigenvalue weighted by molar-refractivity contribution is 0.201. The Morgan fingerprint density at radius 2 is 2.14 bits per heavy atom. The van der Waals surface area contributed by atoms with Gasteiger partial charge in [0.1, 0.15) is 17.9 Å². The number of benzene rings is 1. The maximum absolute atomic E-state index is 12.6. The first-order valence-electron chi connectivity index (χ1n) is 7.25. The molecule has 0 spiro atoms. The van der Waals surface area contributed by atoms with Crippen molar-refractivity contribution in [1.82, 2.24) is 14.5 Å². The molecule has 1 aliphatic heterocycles. The summed E-state index contributed by atoms with van der Waals surface area (Å²) in [5, 5.41) is 1.04. The summed E-state index contributed by atoms with van der Waals surface area (Å²) in [4.78, 5) is 19.5. The molecular weight excluding hydrogens is 325 g/mol. The lowest BCUT2D eigenvalue weighted by atomic mass is 10.2. The Morgan fingerprint density at radius 3 is 2.86 bits per heavy atom. The third kappa shape index (κ3) is 2.57. The Kier molecular flexibility index (Phi) is 4.30. The fourth-order valence-electron chi connectivity index (χ4n) is 2.73. The van der Waals surface area contributed by atoms with Gasteiger partial charge in [-0.25, -0.2) is 4.98 Å². The van der Waals surface area contributed by atoms with E-state index < -0.39 is 0 Å².